The van der Waals surface area contributed by atoms with Crippen LogP contribution in [0.15, 0.2) is 30.5 Å². The molecule has 1 saturated heterocycles. The average Bonchev–Trinajstić information content (AvgIpc) is 3.07. The molecule has 4 heteroatoms. The Kier molecular flexibility index (Phi) is 2.60. The lowest BCUT2D eigenvalue weighted by atomic mass is 9.71. The molecular formula is C16H19N3O. The number of H-pyrrole nitrogens is 1. The molecule has 2 aromatic rings. The summed E-state index contributed by atoms with van der Waals surface area (Å²) in [6.07, 6.45) is 6.82. The molecule has 1 saturated carbocycles. The van der Waals surface area contributed by atoms with Gasteiger partial charge in [-0.25, -0.2) is 0 Å². The maximum Gasteiger partial charge on any atom is 0.242 e. The Hall–Kier alpha value is -1.81. The summed E-state index contributed by atoms with van der Waals surface area (Å²) in [7, 11) is 0. The highest BCUT2D eigenvalue weighted by atomic mass is 16.2. The van der Waals surface area contributed by atoms with E-state index < -0.39 is 0 Å². The molecule has 4 rings (SSSR count). The van der Waals surface area contributed by atoms with Crippen molar-refractivity contribution in [3.8, 4) is 0 Å². The number of anilines is 1. The van der Waals surface area contributed by atoms with Crippen molar-refractivity contribution in [2.75, 3.05) is 11.9 Å². The van der Waals surface area contributed by atoms with Crippen LogP contribution in [0.5, 0.6) is 0 Å². The van der Waals surface area contributed by atoms with E-state index in [1.54, 1.807) is 0 Å². The molecule has 1 aliphatic carbocycles. The number of carbonyl (C=O) groups is 1. The molecule has 20 heavy (non-hydrogen) atoms. The molecule has 2 heterocycles. The highest BCUT2D eigenvalue weighted by molar-refractivity contribution is 5.98. The monoisotopic (exact) mass is 269 g/mol. The van der Waals surface area contributed by atoms with Gasteiger partial charge in [0.05, 0.1) is 6.04 Å². The first-order chi connectivity index (χ1) is 9.77. The Bertz CT molecular complexity index is 655. The van der Waals surface area contributed by atoms with Gasteiger partial charge >= 0.3 is 0 Å². The number of aromatic nitrogens is 1. The molecule has 1 amide bonds. The third kappa shape index (κ3) is 1.75. The minimum absolute atomic E-state index is 0.00748. The van der Waals surface area contributed by atoms with Gasteiger partial charge in [-0.05, 0) is 37.1 Å². The fourth-order valence-electron chi connectivity index (χ4n) is 3.75. The summed E-state index contributed by atoms with van der Waals surface area (Å²) in [5.74, 6) is 0.119. The molecule has 2 aliphatic rings. The number of amides is 1. The second-order valence-corrected chi connectivity index (χ2v) is 6.15. The van der Waals surface area contributed by atoms with Crippen molar-refractivity contribution in [2.45, 2.75) is 31.7 Å². The Morgan fingerprint density at radius 3 is 2.85 bits per heavy atom. The van der Waals surface area contributed by atoms with E-state index in [2.05, 4.69) is 15.6 Å². The van der Waals surface area contributed by atoms with E-state index in [-0.39, 0.29) is 17.4 Å². The lowest BCUT2D eigenvalue weighted by Gasteiger charge is -2.47. The van der Waals surface area contributed by atoms with Crippen molar-refractivity contribution in [3.05, 3.63) is 30.5 Å². The zero-order valence-electron chi connectivity index (χ0n) is 11.4. The van der Waals surface area contributed by atoms with E-state index >= 15 is 0 Å². The van der Waals surface area contributed by atoms with Crippen LogP contribution in [0.25, 0.3) is 10.9 Å². The Balaban J connectivity index is 1.52. The van der Waals surface area contributed by atoms with Crippen molar-refractivity contribution < 1.29 is 4.79 Å². The van der Waals surface area contributed by atoms with E-state index in [4.69, 9.17) is 0 Å². The molecule has 2 fully saturated rings. The Labute approximate surface area is 117 Å². The lowest BCUT2D eigenvalue weighted by molar-refractivity contribution is -0.125. The first-order valence-electron chi connectivity index (χ1n) is 7.38. The fraction of sp³-hybridized carbons (Fsp3) is 0.438. The van der Waals surface area contributed by atoms with Crippen LogP contribution in [0.1, 0.15) is 25.7 Å². The van der Waals surface area contributed by atoms with E-state index in [1.165, 1.54) is 25.7 Å². The summed E-state index contributed by atoms with van der Waals surface area (Å²) in [5.41, 5.74) is 2.21. The molecule has 4 nitrogen and oxygen atoms in total. The molecule has 1 aromatic heterocycles. The van der Waals surface area contributed by atoms with Crippen LogP contribution in [0.2, 0.25) is 0 Å². The predicted molar refractivity (Wildman–Crippen MR) is 79.6 cm³/mol. The topological polar surface area (TPSA) is 56.9 Å². The van der Waals surface area contributed by atoms with Gasteiger partial charge in [-0.2, -0.15) is 0 Å². The quantitative estimate of drug-likeness (QED) is 0.785. The predicted octanol–water partition coefficient (Wildman–Crippen LogP) is 2.64. The van der Waals surface area contributed by atoms with Gasteiger partial charge in [0.25, 0.3) is 0 Å². The van der Waals surface area contributed by atoms with E-state index in [9.17, 15) is 4.79 Å². The van der Waals surface area contributed by atoms with Crippen LogP contribution < -0.4 is 10.6 Å². The standard InChI is InChI=1S/C16H19N3O/c20-15(14-16(10-18-14)6-1-2-7-16)19-12-3-4-13-11(9-12)5-8-17-13/h3-5,8-9,14,17-18H,1-2,6-7,10H2,(H,19,20). The highest BCUT2D eigenvalue weighted by Gasteiger charge is 2.51. The smallest absolute Gasteiger partial charge is 0.242 e. The number of hydrogen-bond donors (Lipinski definition) is 3. The number of hydrogen-bond acceptors (Lipinski definition) is 2. The van der Waals surface area contributed by atoms with Gasteiger partial charge in [0.1, 0.15) is 0 Å². The van der Waals surface area contributed by atoms with Crippen LogP contribution in [0.4, 0.5) is 5.69 Å². The minimum atomic E-state index is -0.00748. The first-order valence-corrected chi connectivity index (χ1v) is 7.38. The molecule has 1 atom stereocenters. The van der Waals surface area contributed by atoms with Gasteiger partial charge in [0.2, 0.25) is 5.91 Å². The molecular weight excluding hydrogens is 250 g/mol. The van der Waals surface area contributed by atoms with Crippen molar-refractivity contribution in [3.63, 3.8) is 0 Å². The van der Waals surface area contributed by atoms with Crippen molar-refractivity contribution in [2.24, 2.45) is 5.41 Å². The van der Waals surface area contributed by atoms with Crippen molar-refractivity contribution in [1.82, 2.24) is 10.3 Å². The zero-order chi connectivity index (χ0) is 13.6. The minimum Gasteiger partial charge on any atom is -0.361 e. The maximum atomic E-state index is 12.4. The van der Waals surface area contributed by atoms with Crippen molar-refractivity contribution >= 4 is 22.5 Å². The molecule has 0 radical (unpaired) electrons. The molecule has 1 aliphatic heterocycles. The largest absolute Gasteiger partial charge is 0.361 e. The lowest BCUT2D eigenvalue weighted by Crippen LogP contribution is -2.66. The summed E-state index contributed by atoms with van der Waals surface area (Å²) in [6, 6.07) is 7.99. The van der Waals surface area contributed by atoms with Crippen LogP contribution in [-0.4, -0.2) is 23.5 Å². The first kappa shape index (κ1) is 12.0. The third-order valence-corrected chi connectivity index (χ3v) is 4.95. The van der Waals surface area contributed by atoms with Gasteiger partial charge in [-0.1, -0.05) is 12.8 Å². The summed E-state index contributed by atoms with van der Waals surface area (Å²) >= 11 is 0. The summed E-state index contributed by atoms with van der Waals surface area (Å²) in [6.45, 7) is 1.00. The Morgan fingerprint density at radius 1 is 1.25 bits per heavy atom. The molecule has 3 N–H and O–H groups in total. The fourth-order valence-corrected chi connectivity index (χ4v) is 3.75. The van der Waals surface area contributed by atoms with Crippen LogP contribution in [0, 0.1) is 5.41 Å². The molecule has 1 unspecified atom stereocenters. The SMILES string of the molecule is O=C(Nc1ccc2[nH]ccc2c1)C1NCC12CCCC2. The summed E-state index contributed by atoms with van der Waals surface area (Å²) in [4.78, 5) is 15.6. The van der Waals surface area contributed by atoms with Crippen LogP contribution >= 0.6 is 0 Å². The number of nitrogens with one attached hydrogen (secondary N) is 3. The second-order valence-electron chi connectivity index (χ2n) is 6.15. The van der Waals surface area contributed by atoms with E-state index in [0.717, 1.165) is 23.1 Å². The summed E-state index contributed by atoms with van der Waals surface area (Å²) < 4.78 is 0. The second kappa shape index (κ2) is 4.35. The van der Waals surface area contributed by atoms with Gasteiger partial charge in [0, 0.05) is 34.7 Å². The highest BCUT2D eigenvalue weighted by Crippen LogP contribution is 2.45. The summed E-state index contributed by atoms with van der Waals surface area (Å²) in [5, 5.41) is 7.50. The van der Waals surface area contributed by atoms with Crippen molar-refractivity contribution in [1.29, 1.82) is 0 Å². The van der Waals surface area contributed by atoms with Gasteiger partial charge in [0.15, 0.2) is 0 Å². The number of benzene rings is 1. The maximum absolute atomic E-state index is 12.4. The molecule has 104 valence electrons. The number of carbonyl (C=O) groups excluding carboxylic acids is 1. The van der Waals surface area contributed by atoms with E-state index in [1.807, 2.05) is 30.5 Å². The zero-order valence-corrected chi connectivity index (χ0v) is 11.4. The van der Waals surface area contributed by atoms with E-state index in [0.29, 0.717) is 0 Å². The normalized spacial score (nSPS) is 23.9. The Morgan fingerprint density at radius 2 is 2.10 bits per heavy atom. The van der Waals surface area contributed by atoms with Gasteiger partial charge < -0.3 is 15.6 Å². The molecule has 1 spiro atoms. The average molecular weight is 269 g/mol. The third-order valence-electron chi connectivity index (χ3n) is 4.95. The van der Waals surface area contributed by atoms with Crippen LogP contribution in [-0.2, 0) is 4.79 Å². The molecule has 1 aromatic carbocycles. The van der Waals surface area contributed by atoms with Crippen LogP contribution in [0.3, 0.4) is 0 Å². The number of fused-ring (bicyclic) bond motifs is 1. The van der Waals surface area contributed by atoms with Gasteiger partial charge in [-0.15, -0.1) is 0 Å². The molecule has 0 bridgehead atoms. The number of rotatable bonds is 2. The number of aromatic amines is 1. The van der Waals surface area contributed by atoms with Gasteiger partial charge in [-0.3, -0.25) is 4.79 Å².